The number of nitrogens with one attached hydrogen (secondary N) is 5. The van der Waals surface area contributed by atoms with Crippen molar-refractivity contribution >= 4 is 71.5 Å². The molecule has 39 heteroatoms. The largest absolute Gasteiger partial charge is 0.398 e. The Labute approximate surface area is 697 Å². The number of aromatic amines is 3. The Morgan fingerprint density at radius 1 is 0.488 bits per heavy atom. The molecule has 0 radical (unpaired) electrons. The van der Waals surface area contributed by atoms with Crippen molar-refractivity contribution in [3.05, 3.63) is 269 Å². The Balaban J connectivity index is 0.000000112. The molecular formula is C82H64Cl3F3N24O7S2. The smallest absolute Gasteiger partial charge is 0.252 e. The minimum atomic E-state index is -3.63. The molecule has 608 valence electrons. The summed E-state index contributed by atoms with van der Waals surface area (Å²) in [6.45, 7) is 2.49. The minimum Gasteiger partial charge on any atom is -0.398 e. The number of H-pyrrole nitrogens is 3. The van der Waals surface area contributed by atoms with Gasteiger partial charge >= 0.3 is 0 Å². The molecule has 8 aliphatic rings. The molecule has 15 aromatic rings. The highest BCUT2D eigenvalue weighted by molar-refractivity contribution is 7.91. The summed E-state index contributed by atoms with van der Waals surface area (Å²) >= 11 is 19.0. The van der Waals surface area contributed by atoms with Crippen molar-refractivity contribution in [1.82, 2.24) is 104 Å². The first-order chi connectivity index (χ1) is 58.3. The molecule has 5 aliphatic heterocycles. The number of aryl methyl sites for hydroxylation is 1. The van der Waals surface area contributed by atoms with E-state index in [2.05, 4.69) is 89.1 Å². The highest BCUT2D eigenvalue weighted by atomic mass is 35.5. The molecule has 10 atom stereocenters. The Morgan fingerprint density at radius 2 is 0.884 bits per heavy atom. The van der Waals surface area contributed by atoms with Crippen LogP contribution in [0.25, 0.3) is 84.2 Å². The molecule has 3 saturated carbocycles. The van der Waals surface area contributed by atoms with E-state index in [-0.39, 0.29) is 102 Å². The molecule has 0 bridgehead atoms. The summed E-state index contributed by atoms with van der Waals surface area (Å²) in [5.41, 5.74) is 18.4. The predicted octanol–water partition coefficient (Wildman–Crippen LogP) is 12.1. The van der Waals surface area contributed by atoms with Gasteiger partial charge in [-0.2, -0.15) is 27.2 Å². The van der Waals surface area contributed by atoms with Crippen LogP contribution in [0.1, 0.15) is 109 Å². The van der Waals surface area contributed by atoms with E-state index in [0.717, 1.165) is 77.8 Å². The average Bonchev–Trinajstić information content (AvgIpc) is 1.55. The normalized spacial score (nSPS) is 21.1. The van der Waals surface area contributed by atoms with Crippen LogP contribution >= 0.6 is 34.8 Å². The fraction of sp³-hybridized carbons (Fsp3) is 0.232. The molecule has 0 amide bonds. The fourth-order valence-electron chi connectivity index (χ4n) is 18.3. The first-order valence-electron chi connectivity index (χ1n) is 38.6. The third kappa shape index (κ3) is 13.1. The molecule has 6 aromatic carbocycles. The number of hydrogen-bond acceptors (Lipinski definition) is 22. The van der Waals surface area contributed by atoms with E-state index < -0.39 is 49.6 Å². The van der Waals surface area contributed by atoms with Crippen LogP contribution in [0.2, 0.25) is 15.1 Å². The summed E-state index contributed by atoms with van der Waals surface area (Å²) in [6, 6.07) is 40.5. The van der Waals surface area contributed by atoms with Crippen LogP contribution in [-0.4, -0.2) is 146 Å². The predicted molar refractivity (Wildman–Crippen MR) is 440 cm³/mol. The van der Waals surface area contributed by atoms with Crippen LogP contribution in [0.15, 0.2) is 189 Å². The number of pyridine rings is 3. The highest BCUT2D eigenvalue weighted by Gasteiger charge is 2.57. The van der Waals surface area contributed by atoms with E-state index in [1.165, 1.54) is 70.3 Å². The van der Waals surface area contributed by atoms with Crippen molar-refractivity contribution < 1.29 is 30.0 Å². The second-order valence-electron chi connectivity index (χ2n) is 31.5. The number of fused-ring (bicyclic) bond motifs is 11. The Bertz CT molecular complexity index is 7280. The van der Waals surface area contributed by atoms with Gasteiger partial charge in [-0.25, -0.2) is 31.8 Å². The maximum Gasteiger partial charge on any atom is 0.252 e. The Hall–Kier alpha value is -13.0. The maximum atomic E-state index is 15.3. The number of tetrazole rings is 3. The van der Waals surface area contributed by atoms with Gasteiger partial charge in [0, 0.05) is 126 Å². The summed E-state index contributed by atoms with van der Waals surface area (Å²) in [5.74, 6) is -0.0207. The van der Waals surface area contributed by atoms with Crippen LogP contribution in [-0.2, 0) is 26.1 Å². The van der Waals surface area contributed by atoms with Crippen molar-refractivity contribution in [2.75, 3.05) is 34.9 Å². The van der Waals surface area contributed by atoms with Crippen molar-refractivity contribution in [2.24, 2.45) is 17.8 Å². The monoisotopic (exact) mass is 1720 g/mol. The number of nitrogens with zero attached hydrogens (tertiary/aromatic N) is 18. The maximum absolute atomic E-state index is 15.3. The van der Waals surface area contributed by atoms with E-state index in [4.69, 9.17) is 45.5 Å². The van der Waals surface area contributed by atoms with Gasteiger partial charge in [-0.1, -0.05) is 53.0 Å². The molecule has 31 nitrogen and oxygen atoms in total. The molecule has 7 N–H and O–H groups in total. The second kappa shape index (κ2) is 28.3. The van der Waals surface area contributed by atoms with Gasteiger partial charge in [0.1, 0.15) is 53.5 Å². The molecule has 121 heavy (non-hydrogen) atoms. The molecule has 9 aromatic heterocycles. The lowest BCUT2D eigenvalue weighted by molar-refractivity contribution is 0.504. The molecule has 14 heterocycles. The second-order valence-corrected chi connectivity index (χ2v) is 36.9. The minimum absolute atomic E-state index is 0.0175. The third-order valence-corrected chi connectivity index (χ3v) is 27.7. The Morgan fingerprint density at radius 3 is 1.29 bits per heavy atom. The van der Waals surface area contributed by atoms with Crippen molar-refractivity contribution in [2.45, 2.75) is 90.7 Å². The number of sulfone groups is 2. The lowest BCUT2D eigenvalue weighted by atomic mass is 9.96. The van der Waals surface area contributed by atoms with Gasteiger partial charge in [-0.05, 0) is 220 Å². The Kier molecular flexibility index (Phi) is 17.7. The number of benzene rings is 6. The van der Waals surface area contributed by atoms with Gasteiger partial charge in [-0.3, -0.25) is 14.4 Å². The van der Waals surface area contributed by atoms with Gasteiger partial charge in [0.05, 0.1) is 62.1 Å². The zero-order valence-electron chi connectivity index (χ0n) is 63.4. The summed E-state index contributed by atoms with van der Waals surface area (Å²) in [4.78, 5) is 62.9. The standard InChI is InChI=1S/C29H24ClFN8O.C27H20ClFN8O3S.C26H20ClFN8O3S/c1-14-2-3-15-8-16(4-6-22(15)33-14)26-28(31)35-29(34-26)27-21-12-20(21)24-9-17(10-25(40)39(24)27)19-11-18(30)5-7-23(19)38-13-32-36-37-38;28-15-2-4-20(36-12-31-34-35-36)16(10-15)14-7-21-17-11-18(17)25(37(21)23(38)9-14)27-32-24(26(29)33-27)13-1-3-19-22(8-13)41(39,40)6-5-30-19;1-40(38,39)21-7-12(2-4-18(21)29)23-25(28)32-26(31-23)24-17-10-16(17)20-6-13(8-22(37)36(20)24)15-9-14(27)3-5-19(15)35-11-30-33-34-35/h4-11,13-14,20-21,27,33H,2-3,12H2,1H3,(H,34,35);1-4,7-10,12,17-18,25,30H,5-6,11H2,(H,32,33);2-9,11,16-17,24H,10,29H2,1H3,(H,31,32). The zero-order valence-corrected chi connectivity index (χ0v) is 67.3. The zero-order chi connectivity index (χ0) is 83.1. The van der Waals surface area contributed by atoms with Crippen molar-refractivity contribution in [3.8, 4) is 84.2 Å². The van der Waals surface area contributed by atoms with E-state index in [0.29, 0.717) is 95.7 Å². The molecule has 3 aliphatic carbocycles. The number of halogens is 6. The van der Waals surface area contributed by atoms with Gasteiger partial charge in [-0.15, -0.1) is 15.3 Å². The summed E-state index contributed by atoms with van der Waals surface area (Å²) in [7, 11) is -7.11. The quantitative estimate of drug-likeness (QED) is 0.0584. The van der Waals surface area contributed by atoms with E-state index in [1.807, 2.05) is 48.5 Å². The average molecular weight is 1730 g/mol. The fourth-order valence-corrected chi connectivity index (χ4v) is 21.0. The van der Waals surface area contributed by atoms with Gasteiger partial charge in [0.2, 0.25) is 17.8 Å². The molecular weight excluding hydrogens is 1660 g/mol. The first kappa shape index (κ1) is 75.4. The summed E-state index contributed by atoms with van der Waals surface area (Å²) in [5, 5.41) is 42.4. The van der Waals surface area contributed by atoms with Crippen LogP contribution in [0.3, 0.4) is 0 Å². The molecule has 3 fully saturated rings. The summed E-state index contributed by atoms with van der Waals surface area (Å²) < 4.78 is 105. The number of aromatic nitrogens is 21. The van der Waals surface area contributed by atoms with Gasteiger partial charge < -0.3 is 45.0 Å². The van der Waals surface area contributed by atoms with Gasteiger partial charge in [0.25, 0.3) is 16.7 Å². The first-order valence-corrected chi connectivity index (χ1v) is 43.3. The van der Waals surface area contributed by atoms with E-state index in [1.54, 1.807) is 79.0 Å². The van der Waals surface area contributed by atoms with Crippen molar-refractivity contribution in [1.29, 1.82) is 0 Å². The van der Waals surface area contributed by atoms with Crippen LogP contribution in [0.5, 0.6) is 0 Å². The number of imidazole rings is 3. The lowest BCUT2D eigenvalue weighted by Gasteiger charge is -2.24. The highest BCUT2D eigenvalue weighted by Crippen LogP contribution is 2.63. The molecule has 0 saturated heterocycles. The van der Waals surface area contributed by atoms with E-state index >= 15 is 13.2 Å². The van der Waals surface area contributed by atoms with Crippen LogP contribution in [0, 0.1) is 35.6 Å². The van der Waals surface area contributed by atoms with Gasteiger partial charge in [0.15, 0.2) is 19.7 Å². The van der Waals surface area contributed by atoms with Crippen LogP contribution < -0.4 is 33.0 Å². The van der Waals surface area contributed by atoms with Crippen molar-refractivity contribution in [3.63, 3.8) is 0 Å². The number of nitrogen functional groups attached to an aromatic ring is 1. The summed E-state index contributed by atoms with van der Waals surface area (Å²) in [6.07, 6.45) is 10.0. The third-order valence-electron chi connectivity index (χ3n) is 24.1. The topological polar surface area (TPSA) is 401 Å². The van der Waals surface area contributed by atoms with Crippen LogP contribution in [0.4, 0.5) is 30.2 Å². The number of rotatable bonds is 13. The SMILES string of the molecule is CC1CCc2cc(-c3nc(C4C5CC5c5cc(-c6cc(Cl)ccc6-n6cnnn6)cc(=O)n54)[nH]c3F)ccc2N1.CS(=O)(=O)c1cc(-c2nc(C3C4CC4c4cc(-c5cc(Cl)ccc5-n5cnnn5)cc(=O)n43)[nH]c2F)ccc1N.O=c1cc(-c2cc(Cl)ccc2-n2cnnn2)cc2n1C(c1nc(-c3ccc4c(c3)S(=O)(=O)CCN4)c(F)[nH]1)C1CC21. The molecule has 10 unspecified atom stereocenters. The molecule has 0 spiro atoms. The number of nitrogens with two attached hydrogens (primary N) is 1. The lowest BCUT2D eigenvalue weighted by Crippen LogP contribution is -2.26. The van der Waals surface area contributed by atoms with E-state index in [9.17, 15) is 31.2 Å². The molecule has 23 rings (SSSR count). The number of anilines is 3. The number of hydrogen-bond donors (Lipinski definition) is 6.